The second-order valence-electron chi connectivity index (χ2n) is 8.64. The first-order chi connectivity index (χ1) is 8.48. The summed E-state index contributed by atoms with van der Waals surface area (Å²) in [4.78, 5) is 12.2. The summed E-state index contributed by atoms with van der Waals surface area (Å²) in [5.74, 6) is 1.96. The minimum atomic E-state index is -1.73. The van der Waals surface area contributed by atoms with Crippen molar-refractivity contribution in [2.45, 2.75) is 65.6 Å². The first-order valence-electron chi connectivity index (χ1n) is 7.65. The third-order valence-electron chi connectivity index (χ3n) is 6.12. The van der Waals surface area contributed by atoms with Crippen LogP contribution in [0, 0.1) is 23.2 Å². The van der Waals surface area contributed by atoms with Crippen molar-refractivity contribution in [2.24, 2.45) is 23.2 Å². The third-order valence-corrected chi connectivity index (χ3v) is 10.6. The van der Waals surface area contributed by atoms with Gasteiger partial charge in [-0.25, -0.2) is 0 Å². The number of carbonyl (C=O) groups excluding carboxylic acids is 1. The van der Waals surface area contributed by atoms with Crippen molar-refractivity contribution in [3.8, 4) is 0 Å². The Balaban J connectivity index is 2.01. The molecule has 0 unspecified atom stereocenters. The molecule has 2 aliphatic carbocycles. The molecular formula is C16H30O2Si. The van der Waals surface area contributed by atoms with Crippen LogP contribution in [0.3, 0.4) is 0 Å². The van der Waals surface area contributed by atoms with E-state index in [4.69, 9.17) is 4.43 Å². The lowest BCUT2D eigenvalue weighted by atomic mass is 9.88. The maximum Gasteiger partial charge on any atom is 0.192 e. The van der Waals surface area contributed by atoms with Crippen LogP contribution in [0.1, 0.15) is 47.5 Å². The van der Waals surface area contributed by atoms with Gasteiger partial charge in [0.15, 0.2) is 8.32 Å². The molecule has 2 rings (SSSR count). The standard InChI is InChI=1S/C16H30O2Si/c1-15(2,3)19(6,7)18-10-11-13(17)9-8-12-14(11)16(12,4)5/h11-12,14H,8-10H2,1-7H3/t11-,12-,14-/m1/s1. The molecule has 110 valence electrons. The Bertz CT molecular complexity index is 379. The molecule has 0 aromatic rings. The average molecular weight is 282 g/mol. The average Bonchev–Trinajstić information content (AvgIpc) is 2.78. The van der Waals surface area contributed by atoms with Crippen LogP contribution in [-0.4, -0.2) is 20.7 Å². The number of hydrogen-bond donors (Lipinski definition) is 0. The molecule has 3 heteroatoms. The molecule has 0 heterocycles. The normalized spacial score (nSPS) is 34.1. The number of hydrogen-bond acceptors (Lipinski definition) is 2. The molecule has 2 fully saturated rings. The van der Waals surface area contributed by atoms with Crippen molar-refractivity contribution in [1.82, 2.24) is 0 Å². The fraction of sp³-hybridized carbons (Fsp3) is 0.938. The van der Waals surface area contributed by atoms with Gasteiger partial charge in [0.2, 0.25) is 0 Å². The van der Waals surface area contributed by atoms with Crippen molar-refractivity contribution in [3.63, 3.8) is 0 Å². The molecule has 0 aromatic heterocycles. The van der Waals surface area contributed by atoms with Crippen molar-refractivity contribution >= 4 is 14.1 Å². The van der Waals surface area contributed by atoms with Gasteiger partial charge in [0.25, 0.3) is 0 Å². The number of Topliss-reactive ketones (excluding diaryl/α,β-unsaturated/α-hetero) is 1. The zero-order valence-corrected chi connectivity index (χ0v) is 14.7. The largest absolute Gasteiger partial charge is 0.416 e. The molecule has 0 bridgehead atoms. The fourth-order valence-corrected chi connectivity index (χ4v) is 4.56. The lowest BCUT2D eigenvalue weighted by Gasteiger charge is -2.37. The van der Waals surface area contributed by atoms with E-state index in [1.807, 2.05) is 0 Å². The smallest absolute Gasteiger partial charge is 0.192 e. The number of fused-ring (bicyclic) bond motifs is 1. The predicted molar refractivity (Wildman–Crippen MR) is 81.6 cm³/mol. The maximum absolute atomic E-state index is 12.2. The highest BCUT2D eigenvalue weighted by molar-refractivity contribution is 6.74. The van der Waals surface area contributed by atoms with Crippen LogP contribution in [-0.2, 0) is 9.22 Å². The Morgan fingerprint density at radius 2 is 1.89 bits per heavy atom. The molecule has 19 heavy (non-hydrogen) atoms. The van der Waals surface area contributed by atoms with Crippen LogP contribution in [0.4, 0.5) is 0 Å². The zero-order valence-electron chi connectivity index (χ0n) is 13.7. The van der Waals surface area contributed by atoms with Gasteiger partial charge in [0.05, 0.1) is 0 Å². The second-order valence-corrected chi connectivity index (χ2v) is 13.4. The summed E-state index contributed by atoms with van der Waals surface area (Å²) in [6, 6.07) is 0. The summed E-state index contributed by atoms with van der Waals surface area (Å²) in [6.07, 6.45) is 1.88. The Labute approximate surface area is 119 Å². The highest BCUT2D eigenvalue weighted by Crippen LogP contribution is 2.66. The first kappa shape index (κ1) is 15.2. The highest BCUT2D eigenvalue weighted by atomic mass is 28.4. The Morgan fingerprint density at radius 3 is 2.42 bits per heavy atom. The molecule has 3 atom stereocenters. The molecule has 0 N–H and O–H groups in total. The highest BCUT2D eigenvalue weighted by Gasteiger charge is 2.63. The van der Waals surface area contributed by atoms with Gasteiger partial charge < -0.3 is 4.43 Å². The van der Waals surface area contributed by atoms with E-state index in [0.29, 0.717) is 23.7 Å². The van der Waals surface area contributed by atoms with E-state index in [1.54, 1.807) is 0 Å². The monoisotopic (exact) mass is 282 g/mol. The summed E-state index contributed by atoms with van der Waals surface area (Å²) >= 11 is 0. The van der Waals surface area contributed by atoms with Crippen molar-refractivity contribution in [3.05, 3.63) is 0 Å². The summed E-state index contributed by atoms with van der Waals surface area (Å²) in [5, 5.41) is 0.225. The van der Waals surface area contributed by atoms with Gasteiger partial charge in [-0.05, 0) is 41.8 Å². The number of rotatable bonds is 3. The van der Waals surface area contributed by atoms with Crippen LogP contribution < -0.4 is 0 Å². The lowest BCUT2D eigenvalue weighted by molar-refractivity contribution is -0.126. The van der Waals surface area contributed by atoms with E-state index >= 15 is 0 Å². The van der Waals surface area contributed by atoms with Gasteiger partial charge in [-0.3, -0.25) is 4.79 Å². The van der Waals surface area contributed by atoms with Crippen LogP contribution in [0.5, 0.6) is 0 Å². The van der Waals surface area contributed by atoms with Gasteiger partial charge in [-0.1, -0.05) is 34.6 Å². The molecule has 2 saturated carbocycles. The van der Waals surface area contributed by atoms with Crippen LogP contribution in [0.25, 0.3) is 0 Å². The van der Waals surface area contributed by atoms with Crippen molar-refractivity contribution in [1.29, 1.82) is 0 Å². The summed E-state index contributed by atoms with van der Waals surface area (Å²) in [5.41, 5.74) is 0.369. The van der Waals surface area contributed by atoms with Gasteiger partial charge in [0, 0.05) is 18.9 Å². The molecule has 0 aromatic carbocycles. The molecule has 2 nitrogen and oxygen atoms in total. The van der Waals surface area contributed by atoms with E-state index in [-0.39, 0.29) is 11.0 Å². The topological polar surface area (TPSA) is 26.3 Å². The fourth-order valence-electron chi connectivity index (χ4n) is 3.53. The lowest BCUT2D eigenvalue weighted by Crippen LogP contribution is -2.43. The van der Waals surface area contributed by atoms with Crippen LogP contribution in [0.2, 0.25) is 18.1 Å². The van der Waals surface area contributed by atoms with E-state index in [0.717, 1.165) is 18.8 Å². The number of carbonyl (C=O) groups is 1. The Morgan fingerprint density at radius 1 is 1.32 bits per heavy atom. The number of ketones is 1. The van der Waals surface area contributed by atoms with Crippen molar-refractivity contribution in [2.75, 3.05) is 6.61 Å². The first-order valence-corrected chi connectivity index (χ1v) is 10.6. The molecular weight excluding hydrogens is 252 g/mol. The molecule has 0 spiro atoms. The predicted octanol–water partition coefficient (Wildman–Crippen LogP) is 4.26. The summed E-state index contributed by atoms with van der Waals surface area (Å²) < 4.78 is 6.31. The second kappa shape index (κ2) is 4.42. The minimum absolute atomic E-state index is 0.169. The van der Waals surface area contributed by atoms with E-state index in [2.05, 4.69) is 47.7 Å². The van der Waals surface area contributed by atoms with E-state index in [1.165, 1.54) is 0 Å². The van der Waals surface area contributed by atoms with E-state index in [9.17, 15) is 4.79 Å². The Hall–Kier alpha value is -0.153. The molecule has 0 aliphatic heterocycles. The Kier molecular flexibility index (Phi) is 3.55. The molecule has 2 aliphatic rings. The minimum Gasteiger partial charge on any atom is -0.416 e. The van der Waals surface area contributed by atoms with Crippen molar-refractivity contribution < 1.29 is 9.22 Å². The zero-order chi connectivity index (χ0) is 14.6. The molecule has 0 radical (unpaired) electrons. The van der Waals surface area contributed by atoms with Gasteiger partial charge in [-0.15, -0.1) is 0 Å². The van der Waals surface area contributed by atoms with Crippen LogP contribution >= 0.6 is 0 Å². The molecule has 0 amide bonds. The van der Waals surface area contributed by atoms with Gasteiger partial charge in [0.1, 0.15) is 5.78 Å². The summed E-state index contributed by atoms with van der Waals surface area (Å²) in [7, 11) is -1.73. The maximum atomic E-state index is 12.2. The molecule has 0 saturated heterocycles. The van der Waals surface area contributed by atoms with E-state index < -0.39 is 8.32 Å². The SMILES string of the molecule is CC1(C)[C@@H]2[C@H](CO[Si](C)(C)C(C)(C)C)C(=O)CC[C@H]21. The quantitative estimate of drug-likeness (QED) is 0.723. The summed E-state index contributed by atoms with van der Waals surface area (Å²) in [6.45, 7) is 16.6. The van der Waals surface area contributed by atoms with Gasteiger partial charge in [-0.2, -0.15) is 0 Å². The van der Waals surface area contributed by atoms with Crippen LogP contribution in [0.15, 0.2) is 0 Å². The third kappa shape index (κ3) is 2.56. The van der Waals surface area contributed by atoms with Gasteiger partial charge >= 0.3 is 0 Å².